The standard InChI is InChI=1S/C8H17N7O/c1-6(4-16-2)13-8(14-9)10-3-7-11-5-12-15-7/h5-6H,3-4,9H2,1-2H3,(H2,10,13,14)(H,11,12,15). The van der Waals surface area contributed by atoms with Crippen molar-refractivity contribution in [2.75, 3.05) is 13.7 Å². The molecule has 0 aliphatic heterocycles. The molecule has 1 heterocycles. The molecule has 0 saturated carbocycles. The molecule has 0 saturated heterocycles. The number of aromatic amines is 1. The number of rotatable bonds is 5. The Morgan fingerprint density at radius 2 is 2.56 bits per heavy atom. The summed E-state index contributed by atoms with van der Waals surface area (Å²) in [6.07, 6.45) is 1.43. The van der Waals surface area contributed by atoms with E-state index < -0.39 is 0 Å². The van der Waals surface area contributed by atoms with Gasteiger partial charge in [0.2, 0.25) is 5.96 Å². The molecule has 90 valence electrons. The lowest BCUT2D eigenvalue weighted by molar-refractivity contribution is 0.179. The van der Waals surface area contributed by atoms with Crippen molar-refractivity contribution in [3.8, 4) is 0 Å². The van der Waals surface area contributed by atoms with Gasteiger partial charge in [0.15, 0.2) is 0 Å². The van der Waals surface area contributed by atoms with Crippen LogP contribution in [0, 0.1) is 0 Å². The van der Waals surface area contributed by atoms with Gasteiger partial charge in [-0.25, -0.2) is 15.8 Å². The van der Waals surface area contributed by atoms with Crippen molar-refractivity contribution in [3.05, 3.63) is 12.2 Å². The zero-order valence-electron chi connectivity index (χ0n) is 9.40. The number of ether oxygens (including phenoxy) is 1. The molecular formula is C8H17N7O. The Kier molecular flexibility index (Phi) is 5.23. The number of hydrogen-bond acceptors (Lipinski definition) is 5. The first-order chi connectivity index (χ1) is 7.76. The van der Waals surface area contributed by atoms with Gasteiger partial charge in [-0.3, -0.25) is 10.5 Å². The van der Waals surface area contributed by atoms with Crippen LogP contribution in [0.15, 0.2) is 11.3 Å². The molecular weight excluding hydrogens is 210 g/mol. The maximum Gasteiger partial charge on any atom is 0.206 e. The normalized spacial score (nSPS) is 13.6. The Labute approximate surface area is 93.7 Å². The smallest absolute Gasteiger partial charge is 0.206 e. The van der Waals surface area contributed by atoms with Crippen molar-refractivity contribution in [1.29, 1.82) is 0 Å². The lowest BCUT2D eigenvalue weighted by atomic mass is 10.4. The minimum absolute atomic E-state index is 0.120. The van der Waals surface area contributed by atoms with Gasteiger partial charge in [0.1, 0.15) is 18.7 Å². The lowest BCUT2D eigenvalue weighted by Crippen LogP contribution is -2.46. The summed E-state index contributed by atoms with van der Waals surface area (Å²) in [6, 6.07) is 0.120. The van der Waals surface area contributed by atoms with Crippen LogP contribution in [0.4, 0.5) is 0 Å². The second-order valence-electron chi connectivity index (χ2n) is 3.24. The van der Waals surface area contributed by atoms with Gasteiger partial charge in [0, 0.05) is 13.2 Å². The molecule has 0 aliphatic carbocycles. The molecule has 0 radical (unpaired) electrons. The SMILES string of the molecule is COCC(C)NC(=NCc1ncn[nH]1)NN. The van der Waals surface area contributed by atoms with E-state index in [2.05, 4.69) is 30.9 Å². The maximum absolute atomic E-state index is 5.33. The van der Waals surface area contributed by atoms with E-state index in [0.717, 1.165) is 0 Å². The van der Waals surface area contributed by atoms with Gasteiger partial charge >= 0.3 is 0 Å². The predicted octanol–water partition coefficient (Wildman–Crippen LogP) is -1.25. The third kappa shape index (κ3) is 4.24. The van der Waals surface area contributed by atoms with Gasteiger partial charge < -0.3 is 10.1 Å². The summed E-state index contributed by atoms with van der Waals surface area (Å²) in [6.45, 7) is 2.92. The number of hydrazine groups is 1. The number of nitrogens with zero attached hydrogens (tertiary/aromatic N) is 3. The molecule has 1 atom stereocenters. The summed E-state index contributed by atoms with van der Waals surface area (Å²) in [7, 11) is 1.64. The van der Waals surface area contributed by atoms with Gasteiger partial charge in [-0.2, -0.15) is 5.10 Å². The van der Waals surface area contributed by atoms with Crippen LogP contribution < -0.4 is 16.6 Å². The average molecular weight is 227 g/mol. The second kappa shape index (κ2) is 6.75. The second-order valence-corrected chi connectivity index (χ2v) is 3.24. The van der Waals surface area contributed by atoms with E-state index in [-0.39, 0.29) is 6.04 Å². The number of methoxy groups -OCH3 is 1. The van der Waals surface area contributed by atoms with E-state index in [1.165, 1.54) is 6.33 Å². The molecule has 0 amide bonds. The highest BCUT2D eigenvalue weighted by molar-refractivity contribution is 5.79. The number of guanidine groups is 1. The fourth-order valence-electron chi connectivity index (χ4n) is 1.12. The van der Waals surface area contributed by atoms with E-state index in [0.29, 0.717) is 24.9 Å². The van der Waals surface area contributed by atoms with Gasteiger partial charge in [-0.15, -0.1) is 0 Å². The van der Waals surface area contributed by atoms with Crippen LogP contribution in [-0.4, -0.2) is 40.9 Å². The molecule has 1 unspecified atom stereocenters. The van der Waals surface area contributed by atoms with E-state index >= 15 is 0 Å². The molecule has 16 heavy (non-hydrogen) atoms. The topological polar surface area (TPSA) is 113 Å². The van der Waals surface area contributed by atoms with Crippen molar-refractivity contribution >= 4 is 5.96 Å². The van der Waals surface area contributed by atoms with E-state index in [9.17, 15) is 0 Å². The Balaban J connectivity index is 2.43. The van der Waals surface area contributed by atoms with E-state index in [1.54, 1.807) is 7.11 Å². The fraction of sp³-hybridized carbons (Fsp3) is 0.625. The molecule has 1 aromatic rings. The molecule has 0 fully saturated rings. The predicted molar refractivity (Wildman–Crippen MR) is 59.3 cm³/mol. The highest BCUT2D eigenvalue weighted by atomic mass is 16.5. The molecule has 1 aromatic heterocycles. The number of aliphatic imine (C=N–C) groups is 1. The van der Waals surface area contributed by atoms with Crippen molar-refractivity contribution in [2.45, 2.75) is 19.5 Å². The summed E-state index contributed by atoms with van der Waals surface area (Å²) in [5, 5.41) is 9.48. The van der Waals surface area contributed by atoms with Crippen molar-refractivity contribution in [3.63, 3.8) is 0 Å². The summed E-state index contributed by atoms with van der Waals surface area (Å²) in [5.74, 6) is 6.49. The first-order valence-electron chi connectivity index (χ1n) is 4.87. The largest absolute Gasteiger partial charge is 0.383 e. The lowest BCUT2D eigenvalue weighted by Gasteiger charge is -2.15. The number of nitrogens with one attached hydrogen (secondary N) is 3. The van der Waals surface area contributed by atoms with E-state index in [4.69, 9.17) is 10.6 Å². The van der Waals surface area contributed by atoms with Crippen LogP contribution in [0.1, 0.15) is 12.7 Å². The van der Waals surface area contributed by atoms with Crippen LogP contribution in [0.25, 0.3) is 0 Å². The molecule has 0 aromatic carbocycles. The van der Waals surface area contributed by atoms with Crippen LogP contribution >= 0.6 is 0 Å². The maximum atomic E-state index is 5.33. The molecule has 0 aliphatic rings. The highest BCUT2D eigenvalue weighted by Crippen LogP contribution is 1.89. The Morgan fingerprint density at radius 3 is 3.12 bits per heavy atom. The summed E-state index contributed by atoms with van der Waals surface area (Å²) in [5.41, 5.74) is 2.48. The quantitative estimate of drug-likeness (QED) is 0.216. The molecule has 1 rings (SSSR count). The van der Waals surface area contributed by atoms with Crippen LogP contribution in [0.3, 0.4) is 0 Å². The Bertz CT molecular complexity index is 310. The zero-order chi connectivity index (χ0) is 11.8. The first kappa shape index (κ1) is 12.4. The number of aromatic nitrogens is 3. The van der Waals surface area contributed by atoms with Gasteiger partial charge in [0.05, 0.1) is 6.61 Å². The van der Waals surface area contributed by atoms with Crippen LogP contribution in [-0.2, 0) is 11.3 Å². The Hall–Kier alpha value is -1.67. The molecule has 0 bridgehead atoms. The van der Waals surface area contributed by atoms with Gasteiger partial charge in [-0.05, 0) is 6.92 Å². The van der Waals surface area contributed by atoms with E-state index in [1.807, 2.05) is 6.92 Å². The summed E-state index contributed by atoms with van der Waals surface area (Å²) < 4.78 is 4.98. The average Bonchev–Trinajstić information content (AvgIpc) is 2.77. The third-order valence-corrected chi connectivity index (χ3v) is 1.79. The number of H-pyrrole nitrogens is 1. The van der Waals surface area contributed by atoms with Crippen LogP contribution in [0.5, 0.6) is 0 Å². The molecule has 8 heteroatoms. The summed E-state index contributed by atoms with van der Waals surface area (Å²) >= 11 is 0. The summed E-state index contributed by atoms with van der Waals surface area (Å²) in [4.78, 5) is 8.13. The third-order valence-electron chi connectivity index (χ3n) is 1.79. The first-order valence-corrected chi connectivity index (χ1v) is 4.87. The monoisotopic (exact) mass is 227 g/mol. The number of hydrogen-bond donors (Lipinski definition) is 4. The van der Waals surface area contributed by atoms with Crippen molar-refractivity contribution < 1.29 is 4.74 Å². The molecule has 5 N–H and O–H groups in total. The Morgan fingerprint density at radius 1 is 1.75 bits per heavy atom. The molecule has 0 spiro atoms. The van der Waals surface area contributed by atoms with Gasteiger partial charge in [0.25, 0.3) is 0 Å². The van der Waals surface area contributed by atoms with Crippen LogP contribution in [0.2, 0.25) is 0 Å². The molecule has 8 nitrogen and oxygen atoms in total. The minimum Gasteiger partial charge on any atom is -0.383 e. The fourth-order valence-corrected chi connectivity index (χ4v) is 1.12. The van der Waals surface area contributed by atoms with Gasteiger partial charge in [-0.1, -0.05) is 0 Å². The van der Waals surface area contributed by atoms with Crippen molar-refractivity contribution in [1.82, 2.24) is 25.9 Å². The highest BCUT2D eigenvalue weighted by Gasteiger charge is 2.03. The minimum atomic E-state index is 0.120. The zero-order valence-corrected chi connectivity index (χ0v) is 9.40. The van der Waals surface area contributed by atoms with Crippen molar-refractivity contribution in [2.24, 2.45) is 10.8 Å². The number of nitrogens with two attached hydrogens (primary N) is 1.